The van der Waals surface area contributed by atoms with E-state index in [2.05, 4.69) is 27.6 Å². The molecule has 2 aliphatic carbocycles. The standard InChI is InChI=1S/C16H17N3O/c20-16(13-8-12(13)10-4-2-1-3-5-10)17-15-9-14(18-19-15)11-6-7-11/h1-5,9,11-13H,6-8H2,(H2,17,18,19,20)/t12-,13+/m1/s1. The highest BCUT2D eigenvalue weighted by Gasteiger charge is 2.44. The summed E-state index contributed by atoms with van der Waals surface area (Å²) in [5.74, 6) is 1.85. The second-order valence-electron chi connectivity index (χ2n) is 5.83. The molecule has 102 valence electrons. The molecular formula is C16H17N3O. The van der Waals surface area contributed by atoms with Crippen LogP contribution < -0.4 is 5.32 Å². The number of nitrogens with zero attached hydrogens (tertiary/aromatic N) is 1. The number of aromatic amines is 1. The first-order chi connectivity index (χ1) is 9.81. The summed E-state index contributed by atoms with van der Waals surface area (Å²) in [5, 5.41) is 10.1. The number of H-pyrrole nitrogens is 1. The summed E-state index contributed by atoms with van der Waals surface area (Å²) in [7, 11) is 0. The number of carbonyl (C=O) groups excluding carboxylic acids is 1. The van der Waals surface area contributed by atoms with E-state index < -0.39 is 0 Å². The summed E-state index contributed by atoms with van der Waals surface area (Å²) in [6.07, 6.45) is 3.40. The van der Waals surface area contributed by atoms with E-state index >= 15 is 0 Å². The lowest BCUT2D eigenvalue weighted by molar-refractivity contribution is -0.117. The van der Waals surface area contributed by atoms with Gasteiger partial charge >= 0.3 is 0 Å². The Hall–Kier alpha value is -2.10. The maximum absolute atomic E-state index is 12.2. The van der Waals surface area contributed by atoms with Gasteiger partial charge in [0.2, 0.25) is 5.91 Å². The van der Waals surface area contributed by atoms with Crippen molar-refractivity contribution in [3.8, 4) is 0 Å². The summed E-state index contributed by atoms with van der Waals surface area (Å²) in [4.78, 5) is 12.2. The van der Waals surface area contributed by atoms with Crippen molar-refractivity contribution < 1.29 is 4.79 Å². The number of anilines is 1. The van der Waals surface area contributed by atoms with Gasteiger partial charge in [-0.3, -0.25) is 9.89 Å². The van der Waals surface area contributed by atoms with Crippen molar-refractivity contribution >= 4 is 11.7 Å². The zero-order valence-electron chi connectivity index (χ0n) is 11.2. The molecule has 0 radical (unpaired) electrons. The SMILES string of the molecule is O=C(Nc1cc(C2CC2)[nH]n1)[C@H]1C[C@@H]1c1ccccc1. The minimum absolute atomic E-state index is 0.0905. The molecule has 0 unspecified atom stereocenters. The molecule has 2 N–H and O–H groups in total. The minimum Gasteiger partial charge on any atom is -0.309 e. The monoisotopic (exact) mass is 267 g/mol. The Kier molecular flexibility index (Phi) is 2.62. The van der Waals surface area contributed by atoms with E-state index in [4.69, 9.17) is 0 Å². The van der Waals surface area contributed by atoms with Gasteiger partial charge in [0, 0.05) is 23.6 Å². The third kappa shape index (κ3) is 2.22. The van der Waals surface area contributed by atoms with Gasteiger partial charge in [0.1, 0.15) is 0 Å². The molecule has 0 saturated heterocycles. The van der Waals surface area contributed by atoms with Gasteiger partial charge in [-0.1, -0.05) is 30.3 Å². The third-order valence-electron chi connectivity index (χ3n) is 4.22. The molecule has 2 aliphatic rings. The zero-order chi connectivity index (χ0) is 13.5. The number of nitrogens with one attached hydrogen (secondary N) is 2. The molecule has 0 bridgehead atoms. The predicted octanol–water partition coefficient (Wildman–Crippen LogP) is 3.03. The first-order valence-electron chi connectivity index (χ1n) is 7.22. The van der Waals surface area contributed by atoms with Gasteiger partial charge in [-0.2, -0.15) is 5.10 Å². The molecule has 0 aliphatic heterocycles. The van der Waals surface area contributed by atoms with E-state index in [1.807, 2.05) is 24.3 Å². The molecule has 1 aromatic carbocycles. The first kappa shape index (κ1) is 11.7. The number of amides is 1. The number of carbonyl (C=O) groups is 1. The predicted molar refractivity (Wildman–Crippen MR) is 76.5 cm³/mol. The fraction of sp³-hybridized carbons (Fsp3) is 0.375. The van der Waals surface area contributed by atoms with Crippen molar-refractivity contribution in [2.45, 2.75) is 31.1 Å². The molecular weight excluding hydrogens is 250 g/mol. The lowest BCUT2D eigenvalue weighted by Crippen LogP contribution is -2.14. The quantitative estimate of drug-likeness (QED) is 0.894. The van der Waals surface area contributed by atoms with E-state index in [0.717, 1.165) is 12.1 Å². The molecule has 20 heavy (non-hydrogen) atoms. The van der Waals surface area contributed by atoms with Gasteiger partial charge in [-0.15, -0.1) is 0 Å². The van der Waals surface area contributed by atoms with E-state index in [1.54, 1.807) is 0 Å². The van der Waals surface area contributed by atoms with Gasteiger partial charge < -0.3 is 5.32 Å². The van der Waals surface area contributed by atoms with E-state index in [0.29, 0.717) is 17.7 Å². The topological polar surface area (TPSA) is 57.8 Å². The highest BCUT2D eigenvalue weighted by atomic mass is 16.2. The van der Waals surface area contributed by atoms with Crippen LogP contribution in [0.25, 0.3) is 0 Å². The van der Waals surface area contributed by atoms with E-state index in [1.165, 1.54) is 18.4 Å². The molecule has 0 spiro atoms. The fourth-order valence-corrected chi connectivity index (χ4v) is 2.78. The van der Waals surface area contributed by atoms with Gasteiger partial charge in [-0.25, -0.2) is 0 Å². The number of rotatable bonds is 4. The van der Waals surface area contributed by atoms with Crippen molar-refractivity contribution in [1.29, 1.82) is 0 Å². The Bertz CT molecular complexity index is 630. The summed E-state index contributed by atoms with van der Waals surface area (Å²) < 4.78 is 0. The summed E-state index contributed by atoms with van der Waals surface area (Å²) in [6, 6.07) is 12.2. The highest BCUT2D eigenvalue weighted by Crippen LogP contribution is 2.48. The van der Waals surface area contributed by atoms with Gasteiger partial charge in [0.25, 0.3) is 0 Å². The Balaban J connectivity index is 1.39. The molecule has 2 fully saturated rings. The molecule has 1 aromatic heterocycles. The van der Waals surface area contributed by atoms with Gasteiger partial charge in [0.15, 0.2) is 5.82 Å². The van der Waals surface area contributed by atoms with Crippen molar-refractivity contribution in [2.75, 3.05) is 5.32 Å². The Labute approximate surface area is 117 Å². The van der Waals surface area contributed by atoms with Crippen LogP contribution in [0.2, 0.25) is 0 Å². The second-order valence-corrected chi connectivity index (χ2v) is 5.83. The molecule has 4 rings (SSSR count). The maximum atomic E-state index is 12.2. The molecule has 4 nitrogen and oxygen atoms in total. The van der Waals surface area contributed by atoms with Crippen molar-refractivity contribution in [1.82, 2.24) is 10.2 Å². The molecule has 1 heterocycles. The number of benzene rings is 1. The van der Waals surface area contributed by atoms with Crippen LogP contribution in [0.15, 0.2) is 36.4 Å². The zero-order valence-corrected chi connectivity index (χ0v) is 11.2. The van der Waals surface area contributed by atoms with E-state index in [-0.39, 0.29) is 11.8 Å². The summed E-state index contributed by atoms with van der Waals surface area (Å²) >= 11 is 0. The molecule has 2 aromatic rings. The van der Waals surface area contributed by atoms with Crippen LogP contribution in [0.4, 0.5) is 5.82 Å². The van der Waals surface area contributed by atoms with Crippen LogP contribution >= 0.6 is 0 Å². The summed E-state index contributed by atoms with van der Waals surface area (Å²) in [5.41, 5.74) is 2.41. The average molecular weight is 267 g/mol. The van der Waals surface area contributed by atoms with E-state index in [9.17, 15) is 4.79 Å². The normalized spacial score (nSPS) is 24.4. The highest BCUT2D eigenvalue weighted by molar-refractivity contribution is 5.94. The lowest BCUT2D eigenvalue weighted by atomic mass is 10.1. The van der Waals surface area contributed by atoms with Crippen LogP contribution in [0.1, 0.15) is 42.4 Å². The van der Waals surface area contributed by atoms with Crippen LogP contribution in [0.5, 0.6) is 0 Å². The minimum atomic E-state index is 0.0905. The molecule has 4 heteroatoms. The smallest absolute Gasteiger partial charge is 0.229 e. The Morgan fingerprint density at radius 2 is 2.05 bits per heavy atom. The lowest BCUT2D eigenvalue weighted by Gasteiger charge is -2.01. The third-order valence-corrected chi connectivity index (χ3v) is 4.22. The number of hydrogen-bond donors (Lipinski definition) is 2. The number of hydrogen-bond acceptors (Lipinski definition) is 2. The van der Waals surface area contributed by atoms with Gasteiger partial charge in [-0.05, 0) is 30.7 Å². The second kappa shape index (κ2) is 4.47. The fourth-order valence-electron chi connectivity index (χ4n) is 2.78. The number of aromatic nitrogens is 2. The van der Waals surface area contributed by atoms with Crippen LogP contribution in [-0.2, 0) is 4.79 Å². The first-order valence-corrected chi connectivity index (χ1v) is 7.22. The van der Waals surface area contributed by atoms with Crippen LogP contribution in [-0.4, -0.2) is 16.1 Å². The van der Waals surface area contributed by atoms with Crippen molar-refractivity contribution in [3.05, 3.63) is 47.7 Å². The Morgan fingerprint density at radius 3 is 2.80 bits per heavy atom. The van der Waals surface area contributed by atoms with Crippen LogP contribution in [0, 0.1) is 5.92 Å². The largest absolute Gasteiger partial charge is 0.309 e. The Morgan fingerprint density at radius 1 is 1.25 bits per heavy atom. The molecule has 2 saturated carbocycles. The van der Waals surface area contributed by atoms with Crippen LogP contribution in [0.3, 0.4) is 0 Å². The maximum Gasteiger partial charge on any atom is 0.229 e. The van der Waals surface area contributed by atoms with Crippen molar-refractivity contribution in [2.24, 2.45) is 5.92 Å². The molecule has 2 atom stereocenters. The summed E-state index contributed by atoms with van der Waals surface area (Å²) in [6.45, 7) is 0. The van der Waals surface area contributed by atoms with Gasteiger partial charge in [0.05, 0.1) is 0 Å². The van der Waals surface area contributed by atoms with Crippen molar-refractivity contribution in [3.63, 3.8) is 0 Å². The average Bonchev–Trinajstić information content (AvgIpc) is 3.39. The molecule has 1 amide bonds.